The van der Waals surface area contributed by atoms with Gasteiger partial charge in [-0.25, -0.2) is 4.79 Å². The number of amides is 3. The van der Waals surface area contributed by atoms with Gasteiger partial charge in [-0.15, -0.1) is 0 Å². The summed E-state index contributed by atoms with van der Waals surface area (Å²) in [4.78, 5) is 25.6. The molecule has 1 aliphatic heterocycles. The van der Waals surface area contributed by atoms with E-state index < -0.39 is 0 Å². The lowest BCUT2D eigenvalue weighted by Crippen LogP contribution is -2.42. The number of hydrogen-bond acceptors (Lipinski definition) is 2. The quantitative estimate of drug-likeness (QED) is 0.896. The molecule has 1 aromatic rings. The van der Waals surface area contributed by atoms with Crippen molar-refractivity contribution >= 4 is 17.6 Å². The highest BCUT2D eigenvalue weighted by atomic mass is 16.2. The van der Waals surface area contributed by atoms with Crippen molar-refractivity contribution in [2.45, 2.75) is 20.3 Å². The largest absolute Gasteiger partial charge is 0.338 e. The Morgan fingerprint density at radius 2 is 2.05 bits per heavy atom. The molecule has 3 amide bonds. The van der Waals surface area contributed by atoms with Crippen molar-refractivity contribution < 1.29 is 9.59 Å². The summed E-state index contributed by atoms with van der Waals surface area (Å²) in [6.07, 6.45) is 2.40. The molecule has 0 fully saturated rings. The fourth-order valence-electron chi connectivity index (χ4n) is 2.24. The molecule has 0 atom stereocenters. The molecule has 2 rings (SSSR count). The van der Waals surface area contributed by atoms with E-state index in [1.807, 2.05) is 44.2 Å². The van der Waals surface area contributed by atoms with Gasteiger partial charge in [0.25, 0.3) is 5.91 Å². The second kappa shape index (κ2) is 6.92. The summed E-state index contributed by atoms with van der Waals surface area (Å²) >= 11 is 0. The van der Waals surface area contributed by atoms with Gasteiger partial charge in [-0.1, -0.05) is 24.3 Å². The van der Waals surface area contributed by atoms with Gasteiger partial charge in [0.2, 0.25) is 0 Å². The summed E-state index contributed by atoms with van der Waals surface area (Å²) < 4.78 is 0. The van der Waals surface area contributed by atoms with Crippen molar-refractivity contribution in [2.24, 2.45) is 0 Å². The predicted molar refractivity (Wildman–Crippen MR) is 83.2 cm³/mol. The molecule has 0 aromatic heterocycles. The molecule has 0 saturated carbocycles. The lowest BCUT2D eigenvalue weighted by molar-refractivity contribution is -0.113. The zero-order valence-electron chi connectivity index (χ0n) is 12.5. The average molecular weight is 287 g/mol. The molecule has 1 aliphatic rings. The van der Waals surface area contributed by atoms with E-state index in [2.05, 4.69) is 10.6 Å². The second-order valence-electron chi connectivity index (χ2n) is 5.03. The molecule has 0 bridgehead atoms. The maximum absolute atomic E-state index is 12.2. The average Bonchev–Trinajstić information content (AvgIpc) is 2.50. The smallest absolute Gasteiger partial charge is 0.317 e. The maximum Gasteiger partial charge on any atom is 0.317 e. The standard InChI is InChI=1S/C16H21N3O2/c1-3-17-16(21)19-10-8-13(9-11-19)15(20)18-14-7-5-4-6-12(14)2/h4-8H,3,9-11H2,1-2H3,(H,17,21)(H,18,20). The number of nitrogens with one attached hydrogen (secondary N) is 2. The highest BCUT2D eigenvalue weighted by Gasteiger charge is 2.20. The van der Waals surface area contributed by atoms with Crippen LogP contribution in [0.2, 0.25) is 0 Å². The summed E-state index contributed by atoms with van der Waals surface area (Å²) in [7, 11) is 0. The molecule has 2 N–H and O–H groups in total. The molecule has 0 unspecified atom stereocenters. The van der Waals surface area contributed by atoms with E-state index in [9.17, 15) is 9.59 Å². The van der Waals surface area contributed by atoms with E-state index in [4.69, 9.17) is 0 Å². The summed E-state index contributed by atoms with van der Waals surface area (Å²) in [5, 5.41) is 5.69. The number of hydrogen-bond donors (Lipinski definition) is 2. The third-order valence-electron chi connectivity index (χ3n) is 3.51. The highest BCUT2D eigenvalue weighted by Crippen LogP contribution is 2.17. The van der Waals surface area contributed by atoms with Crippen LogP contribution >= 0.6 is 0 Å². The molecular weight excluding hydrogens is 266 g/mol. The SMILES string of the molecule is CCNC(=O)N1CC=C(C(=O)Nc2ccccc2C)CC1. The van der Waals surface area contributed by atoms with Crippen molar-refractivity contribution in [3.8, 4) is 0 Å². The Kier molecular flexibility index (Phi) is 4.98. The monoisotopic (exact) mass is 287 g/mol. The van der Waals surface area contributed by atoms with Crippen LogP contribution in [0, 0.1) is 6.92 Å². The van der Waals surface area contributed by atoms with Crippen LogP contribution in [0.4, 0.5) is 10.5 Å². The molecule has 0 spiro atoms. The van der Waals surface area contributed by atoms with Gasteiger partial charge in [0, 0.05) is 30.9 Å². The Morgan fingerprint density at radius 1 is 1.29 bits per heavy atom. The first-order valence-electron chi connectivity index (χ1n) is 7.20. The van der Waals surface area contributed by atoms with Gasteiger partial charge in [0.15, 0.2) is 0 Å². The summed E-state index contributed by atoms with van der Waals surface area (Å²) in [6.45, 7) is 5.50. The fourth-order valence-corrected chi connectivity index (χ4v) is 2.24. The van der Waals surface area contributed by atoms with Gasteiger partial charge in [-0.3, -0.25) is 4.79 Å². The van der Waals surface area contributed by atoms with Crippen LogP contribution in [-0.2, 0) is 4.79 Å². The first-order chi connectivity index (χ1) is 10.1. The molecule has 1 aromatic carbocycles. The van der Waals surface area contributed by atoms with Crippen LogP contribution < -0.4 is 10.6 Å². The molecular formula is C16H21N3O2. The Balaban J connectivity index is 1.96. The number of anilines is 1. The van der Waals surface area contributed by atoms with Crippen molar-refractivity contribution in [1.29, 1.82) is 0 Å². The van der Waals surface area contributed by atoms with E-state index in [0.29, 0.717) is 26.1 Å². The van der Waals surface area contributed by atoms with Crippen molar-refractivity contribution in [2.75, 3.05) is 25.0 Å². The van der Waals surface area contributed by atoms with Gasteiger partial charge in [0.05, 0.1) is 0 Å². The van der Waals surface area contributed by atoms with Gasteiger partial charge in [0.1, 0.15) is 0 Å². The molecule has 0 radical (unpaired) electrons. The maximum atomic E-state index is 12.2. The van der Waals surface area contributed by atoms with Crippen molar-refractivity contribution in [3.05, 3.63) is 41.5 Å². The zero-order chi connectivity index (χ0) is 15.2. The predicted octanol–water partition coefficient (Wildman–Crippen LogP) is 2.30. The van der Waals surface area contributed by atoms with Gasteiger partial charge in [-0.2, -0.15) is 0 Å². The molecule has 5 nitrogen and oxygen atoms in total. The number of benzene rings is 1. The Labute approximate surface area is 125 Å². The molecule has 0 aliphatic carbocycles. The third kappa shape index (κ3) is 3.84. The molecule has 21 heavy (non-hydrogen) atoms. The van der Waals surface area contributed by atoms with Gasteiger partial charge >= 0.3 is 6.03 Å². The van der Waals surface area contributed by atoms with E-state index >= 15 is 0 Å². The fraction of sp³-hybridized carbons (Fsp3) is 0.375. The Bertz CT molecular complexity index is 566. The minimum atomic E-state index is -0.0835. The number of carbonyl (C=O) groups excluding carboxylic acids is 2. The van der Waals surface area contributed by atoms with E-state index in [1.54, 1.807) is 4.90 Å². The van der Waals surface area contributed by atoms with Crippen LogP contribution in [0.5, 0.6) is 0 Å². The second-order valence-corrected chi connectivity index (χ2v) is 5.03. The van der Waals surface area contributed by atoms with E-state index in [0.717, 1.165) is 16.8 Å². The van der Waals surface area contributed by atoms with Crippen LogP contribution in [0.1, 0.15) is 18.9 Å². The molecule has 0 saturated heterocycles. The van der Waals surface area contributed by atoms with Gasteiger partial charge in [-0.05, 0) is 31.9 Å². The molecule has 5 heteroatoms. The third-order valence-corrected chi connectivity index (χ3v) is 3.51. The minimum absolute atomic E-state index is 0.0767. The number of para-hydroxylation sites is 1. The normalized spacial score (nSPS) is 14.4. The minimum Gasteiger partial charge on any atom is -0.338 e. The first-order valence-corrected chi connectivity index (χ1v) is 7.20. The first kappa shape index (κ1) is 15.1. The van der Waals surface area contributed by atoms with Crippen LogP contribution in [-0.4, -0.2) is 36.5 Å². The summed E-state index contributed by atoms with van der Waals surface area (Å²) in [5.41, 5.74) is 2.60. The van der Waals surface area contributed by atoms with Crippen LogP contribution in [0.15, 0.2) is 35.9 Å². The summed E-state index contributed by atoms with van der Waals surface area (Å²) in [5.74, 6) is -0.0835. The highest BCUT2D eigenvalue weighted by molar-refractivity contribution is 6.04. The Morgan fingerprint density at radius 3 is 2.67 bits per heavy atom. The Hall–Kier alpha value is -2.30. The lowest BCUT2D eigenvalue weighted by atomic mass is 10.1. The van der Waals surface area contributed by atoms with Crippen molar-refractivity contribution in [1.82, 2.24) is 10.2 Å². The summed E-state index contributed by atoms with van der Waals surface area (Å²) in [6, 6.07) is 7.61. The van der Waals surface area contributed by atoms with E-state index in [1.165, 1.54) is 0 Å². The lowest BCUT2D eigenvalue weighted by Gasteiger charge is -2.26. The number of urea groups is 1. The number of aryl methyl sites for hydroxylation is 1. The van der Waals surface area contributed by atoms with Crippen molar-refractivity contribution in [3.63, 3.8) is 0 Å². The molecule has 1 heterocycles. The van der Waals surface area contributed by atoms with Gasteiger partial charge < -0.3 is 15.5 Å². The molecule has 112 valence electrons. The zero-order valence-corrected chi connectivity index (χ0v) is 12.5. The number of rotatable bonds is 3. The van der Waals surface area contributed by atoms with Crippen LogP contribution in [0.25, 0.3) is 0 Å². The van der Waals surface area contributed by atoms with Crippen LogP contribution in [0.3, 0.4) is 0 Å². The van der Waals surface area contributed by atoms with E-state index in [-0.39, 0.29) is 11.9 Å². The number of nitrogens with zero attached hydrogens (tertiary/aromatic N) is 1. The topological polar surface area (TPSA) is 61.4 Å². The number of carbonyl (C=O) groups is 2.